The summed E-state index contributed by atoms with van der Waals surface area (Å²) in [4.78, 5) is 0. The van der Waals surface area contributed by atoms with Gasteiger partial charge in [0.05, 0.1) is 0 Å². The maximum atomic E-state index is 5.31. The molecule has 3 N–H and O–H groups in total. The normalized spacial score (nSPS) is 9.50. The van der Waals surface area contributed by atoms with Crippen LogP contribution < -0.4 is 5.73 Å². The van der Waals surface area contributed by atoms with Crippen molar-refractivity contribution >= 4 is 13.7 Å². The van der Waals surface area contributed by atoms with Crippen LogP contribution in [0.1, 0.15) is 5.69 Å². The molecule has 0 fully saturated rings. The van der Waals surface area contributed by atoms with Crippen LogP contribution in [0.3, 0.4) is 0 Å². The summed E-state index contributed by atoms with van der Waals surface area (Å²) in [6.45, 7) is 0. The Morgan fingerprint density at radius 2 is 2.62 bits per heavy atom. The Bertz CT molecular complexity index is 172. The van der Waals surface area contributed by atoms with Gasteiger partial charge < -0.3 is 5.73 Å². The highest BCUT2D eigenvalue weighted by molar-refractivity contribution is 6.08. The van der Waals surface area contributed by atoms with E-state index < -0.39 is 0 Å². The van der Waals surface area contributed by atoms with Crippen molar-refractivity contribution in [3.05, 3.63) is 11.8 Å². The monoisotopic (exact) mass is 109 g/mol. The average Bonchev–Trinajstić information content (AvgIpc) is 2.14. The topological polar surface area (TPSA) is 54.7 Å². The Hall–Kier alpha value is -0.925. The molecular weight excluding hydrogens is 101 g/mol. The highest BCUT2D eigenvalue weighted by atomic mass is 15.1. The number of nitrogens with one attached hydrogen (secondary N) is 1. The Balaban J connectivity index is 2.84. The summed E-state index contributed by atoms with van der Waals surface area (Å²) in [5.74, 6) is 0.571. The highest BCUT2D eigenvalue weighted by Gasteiger charge is 1.90. The molecule has 0 radical (unpaired) electrons. The van der Waals surface area contributed by atoms with Crippen LogP contribution in [-0.2, 0) is 6.32 Å². The molecule has 0 aromatic carbocycles. The van der Waals surface area contributed by atoms with E-state index in [0.29, 0.717) is 5.82 Å². The van der Waals surface area contributed by atoms with Gasteiger partial charge in [0.25, 0.3) is 0 Å². The third-order valence-corrected chi connectivity index (χ3v) is 1.03. The minimum absolute atomic E-state index is 0.571. The van der Waals surface area contributed by atoms with E-state index in [1.54, 1.807) is 0 Å². The molecule has 8 heavy (non-hydrogen) atoms. The van der Waals surface area contributed by atoms with Crippen molar-refractivity contribution in [2.45, 2.75) is 6.32 Å². The molecule has 0 saturated carbocycles. The number of aromatic nitrogens is 2. The summed E-state index contributed by atoms with van der Waals surface area (Å²) in [6, 6.07) is 1.83. The van der Waals surface area contributed by atoms with E-state index in [0.717, 1.165) is 12.0 Å². The number of nitrogen functional groups attached to an aromatic ring is 1. The quantitative estimate of drug-likeness (QED) is 0.460. The molecule has 0 aliphatic carbocycles. The van der Waals surface area contributed by atoms with Crippen molar-refractivity contribution in [2.24, 2.45) is 0 Å². The third-order valence-electron chi connectivity index (χ3n) is 1.03. The van der Waals surface area contributed by atoms with Gasteiger partial charge in [-0.2, -0.15) is 5.10 Å². The van der Waals surface area contributed by atoms with E-state index >= 15 is 0 Å². The zero-order valence-corrected chi connectivity index (χ0v) is 4.81. The molecule has 0 saturated heterocycles. The highest BCUT2D eigenvalue weighted by Crippen LogP contribution is 1.97. The number of rotatable bonds is 1. The predicted molar refractivity (Wildman–Crippen MR) is 35.2 cm³/mol. The molecule has 0 spiro atoms. The number of H-pyrrole nitrogens is 1. The lowest BCUT2D eigenvalue weighted by atomic mass is 10.0. The first-order valence-corrected chi connectivity index (χ1v) is 2.62. The minimum atomic E-state index is 0.571. The number of anilines is 1. The Morgan fingerprint density at radius 1 is 1.88 bits per heavy atom. The van der Waals surface area contributed by atoms with Crippen LogP contribution in [0, 0.1) is 0 Å². The van der Waals surface area contributed by atoms with Crippen LogP contribution >= 0.6 is 0 Å². The molecule has 0 unspecified atom stereocenters. The summed E-state index contributed by atoms with van der Waals surface area (Å²) in [5, 5.41) is 6.52. The van der Waals surface area contributed by atoms with Crippen LogP contribution in [0.2, 0.25) is 0 Å². The van der Waals surface area contributed by atoms with Gasteiger partial charge >= 0.3 is 0 Å². The summed E-state index contributed by atoms with van der Waals surface area (Å²) in [5.41, 5.74) is 6.40. The van der Waals surface area contributed by atoms with Crippen LogP contribution in [0.15, 0.2) is 6.07 Å². The summed E-state index contributed by atoms with van der Waals surface area (Å²) in [7, 11) is 2.05. The Kier molecular flexibility index (Phi) is 1.24. The van der Waals surface area contributed by atoms with Crippen molar-refractivity contribution in [3.8, 4) is 0 Å². The summed E-state index contributed by atoms with van der Waals surface area (Å²) >= 11 is 0. The number of aromatic amines is 1. The molecule has 0 aliphatic rings. The van der Waals surface area contributed by atoms with Gasteiger partial charge in [0, 0.05) is 11.8 Å². The SMILES string of the molecule is BCc1cc(N)n[nH]1. The average molecular weight is 109 g/mol. The lowest BCUT2D eigenvalue weighted by Gasteiger charge is -1.79. The molecule has 42 valence electrons. The van der Waals surface area contributed by atoms with Crippen molar-refractivity contribution in [1.82, 2.24) is 10.2 Å². The van der Waals surface area contributed by atoms with Crippen LogP contribution in [0.25, 0.3) is 0 Å². The van der Waals surface area contributed by atoms with Crippen molar-refractivity contribution in [2.75, 3.05) is 5.73 Å². The van der Waals surface area contributed by atoms with Gasteiger partial charge in [-0.25, -0.2) is 0 Å². The van der Waals surface area contributed by atoms with E-state index in [-0.39, 0.29) is 0 Å². The van der Waals surface area contributed by atoms with Gasteiger partial charge in [0.15, 0.2) is 0 Å². The van der Waals surface area contributed by atoms with Gasteiger partial charge in [-0.1, -0.05) is 0 Å². The molecule has 0 bridgehead atoms. The van der Waals surface area contributed by atoms with E-state index in [1.165, 1.54) is 0 Å². The number of hydrogen-bond donors (Lipinski definition) is 2. The van der Waals surface area contributed by atoms with E-state index in [2.05, 4.69) is 10.2 Å². The number of nitrogens with zero attached hydrogens (tertiary/aromatic N) is 1. The molecule has 1 aromatic rings. The van der Waals surface area contributed by atoms with Crippen molar-refractivity contribution in [1.29, 1.82) is 0 Å². The van der Waals surface area contributed by atoms with Crippen LogP contribution in [0.4, 0.5) is 5.82 Å². The van der Waals surface area contributed by atoms with E-state index in [9.17, 15) is 0 Å². The van der Waals surface area contributed by atoms with Gasteiger partial charge in [-0.05, 0) is 6.32 Å². The molecule has 0 atom stereocenters. The Labute approximate surface area is 48.7 Å². The number of hydrogen-bond acceptors (Lipinski definition) is 2. The molecular formula is C4H8BN3. The smallest absolute Gasteiger partial charge is 0.145 e. The lowest BCUT2D eigenvalue weighted by Crippen LogP contribution is -1.81. The number of nitrogens with two attached hydrogens (primary N) is 1. The molecule has 4 heteroatoms. The fraction of sp³-hybridized carbons (Fsp3) is 0.250. The van der Waals surface area contributed by atoms with E-state index in [4.69, 9.17) is 5.73 Å². The second-order valence-corrected chi connectivity index (χ2v) is 1.67. The fourth-order valence-corrected chi connectivity index (χ4v) is 0.561. The minimum Gasteiger partial charge on any atom is -0.382 e. The van der Waals surface area contributed by atoms with Crippen LogP contribution in [0.5, 0.6) is 0 Å². The van der Waals surface area contributed by atoms with Crippen molar-refractivity contribution in [3.63, 3.8) is 0 Å². The second kappa shape index (κ2) is 1.90. The molecule has 0 aliphatic heterocycles. The second-order valence-electron chi connectivity index (χ2n) is 1.67. The van der Waals surface area contributed by atoms with Crippen molar-refractivity contribution < 1.29 is 0 Å². The van der Waals surface area contributed by atoms with Gasteiger partial charge in [0.2, 0.25) is 0 Å². The standard InChI is InChI=1S/C4H8BN3/c5-2-3-1-4(6)8-7-3/h1H,2,5H2,(H3,6,7,8). The lowest BCUT2D eigenvalue weighted by molar-refractivity contribution is 1.04. The van der Waals surface area contributed by atoms with Gasteiger partial charge in [0.1, 0.15) is 13.7 Å². The molecule has 1 rings (SSSR count). The fourth-order valence-electron chi connectivity index (χ4n) is 0.561. The maximum absolute atomic E-state index is 5.31. The van der Waals surface area contributed by atoms with Crippen LogP contribution in [-0.4, -0.2) is 18.0 Å². The largest absolute Gasteiger partial charge is 0.382 e. The molecule has 3 nitrogen and oxygen atoms in total. The third kappa shape index (κ3) is 0.830. The first kappa shape index (κ1) is 5.22. The zero-order valence-electron chi connectivity index (χ0n) is 4.81. The maximum Gasteiger partial charge on any atom is 0.145 e. The molecule has 1 heterocycles. The van der Waals surface area contributed by atoms with Gasteiger partial charge in [-0.3, -0.25) is 5.10 Å². The summed E-state index contributed by atoms with van der Waals surface area (Å²) in [6.07, 6.45) is 0.962. The molecule has 0 amide bonds. The summed E-state index contributed by atoms with van der Waals surface area (Å²) < 4.78 is 0. The molecule has 1 aromatic heterocycles. The van der Waals surface area contributed by atoms with E-state index in [1.807, 2.05) is 13.9 Å². The first-order valence-electron chi connectivity index (χ1n) is 2.62. The van der Waals surface area contributed by atoms with Gasteiger partial charge in [-0.15, -0.1) is 0 Å². The Morgan fingerprint density at radius 3 is 2.88 bits per heavy atom. The first-order chi connectivity index (χ1) is 3.83. The predicted octanol–water partition coefficient (Wildman–Crippen LogP) is -0.875. The zero-order chi connectivity index (χ0) is 5.98.